The molecule has 11 aromatic rings. The Morgan fingerprint density at radius 1 is 0.345 bits per heavy atom. The molecule has 0 atom stereocenters. The molecule has 0 aliphatic rings. The van der Waals surface area contributed by atoms with Crippen molar-refractivity contribution in [2.45, 2.75) is 0 Å². The lowest BCUT2D eigenvalue weighted by Crippen LogP contribution is -2.09. The van der Waals surface area contributed by atoms with Crippen molar-refractivity contribution in [3.63, 3.8) is 0 Å². The molecule has 0 N–H and O–H groups in total. The molecule has 6 nitrogen and oxygen atoms in total. The van der Waals surface area contributed by atoms with Crippen LogP contribution in [0.2, 0.25) is 0 Å². The standard InChI is InChI=1S/C52H30N4O2/c1-53-37-11-9-17-41(31-37)55(39-13-5-3-6-14-39)43-21-19-33-27-46-45-23-24-48-51(52(45)58-49(46)29-35(33)25-43)47-28-34-20-22-44(26-36(34)30-50(47)57-48)56(40-15-7-4-8-16-40)42-18-10-12-38(32-42)54-2/h3-32H. The average Bonchev–Trinajstić information content (AvgIpc) is 3.82. The minimum absolute atomic E-state index is 0.590. The lowest BCUT2D eigenvalue weighted by atomic mass is 10.0. The topological polar surface area (TPSA) is 41.5 Å². The molecule has 0 radical (unpaired) electrons. The van der Waals surface area contributed by atoms with Gasteiger partial charge in [0.05, 0.1) is 18.5 Å². The van der Waals surface area contributed by atoms with Gasteiger partial charge in [0.2, 0.25) is 0 Å². The van der Waals surface area contributed by atoms with Gasteiger partial charge < -0.3 is 18.6 Å². The normalized spacial score (nSPS) is 11.4. The van der Waals surface area contributed by atoms with Gasteiger partial charge in [0.1, 0.15) is 22.3 Å². The van der Waals surface area contributed by atoms with E-state index < -0.39 is 0 Å². The van der Waals surface area contributed by atoms with Gasteiger partial charge in [0.15, 0.2) is 11.4 Å². The van der Waals surface area contributed by atoms with Crippen LogP contribution in [0.3, 0.4) is 0 Å². The van der Waals surface area contributed by atoms with E-state index in [2.05, 4.69) is 110 Å². The van der Waals surface area contributed by atoms with Gasteiger partial charge in [-0.3, -0.25) is 0 Å². The number of para-hydroxylation sites is 2. The minimum Gasteiger partial charge on any atom is -0.456 e. The maximum absolute atomic E-state index is 7.61. The maximum atomic E-state index is 7.61. The van der Waals surface area contributed by atoms with E-state index in [1.165, 1.54) is 0 Å². The number of nitrogens with zero attached hydrogens (tertiary/aromatic N) is 4. The summed E-state index contributed by atoms with van der Waals surface area (Å²) in [7, 11) is 0. The summed E-state index contributed by atoms with van der Waals surface area (Å²) >= 11 is 0. The van der Waals surface area contributed by atoms with Crippen LogP contribution >= 0.6 is 0 Å². The fourth-order valence-corrected chi connectivity index (χ4v) is 8.28. The molecule has 2 aromatic heterocycles. The van der Waals surface area contributed by atoms with Crippen molar-refractivity contribution in [2.75, 3.05) is 9.80 Å². The second-order valence-electron chi connectivity index (χ2n) is 14.4. The van der Waals surface area contributed by atoms with Gasteiger partial charge >= 0.3 is 0 Å². The number of fused-ring (bicyclic) bond motifs is 9. The van der Waals surface area contributed by atoms with Gasteiger partial charge in [-0.15, -0.1) is 0 Å². The van der Waals surface area contributed by atoms with Crippen LogP contribution < -0.4 is 9.80 Å². The van der Waals surface area contributed by atoms with Gasteiger partial charge in [0.25, 0.3) is 0 Å². The molecule has 9 aromatic carbocycles. The number of rotatable bonds is 6. The van der Waals surface area contributed by atoms with E-state index in [0.717, 1.165) is 99.5 Å². The van der Waals surface area contributed by atoms with Crippen molar-refractivity contribution in [1.29, 1.82) is 0 Å². The summed E-state index contributed by atoms with van der Waals surface area (Å²) in [4.78, 5) is 11.7. The number of furan rings is 2. The molecule has 2 heterocycles. The van der Waals surface area contributed by atoms with Crippen LogP contribution in [0.4, 0.5) is 45.5 Å². The first-order chi connectivity index (χ1) is 28.6. The number of hydrogen-bond acceptors (Lipinski definition) is 4. The van der Waals surface area contributed by atoms with E-state index in [1.54, 1.807) is 0 Å². The smallest absolute Gasteiger partial charge is 0.189 e. The maximum Gasteiger partial charge on any atom is 0.189 e. The van der Waals surface area contributed by atoms with E-state index in [0.29, 0.717) is 11.4 Å². The van der Waals surface area contributed by atoms with Gasteiger partial charge in [-0.1, -0.05) is 72.8 Å². The molecule has 0 saturated heterocycles. The number of benzene rings is 9. The van der Waals surface area contributed by atoms with Gasteiger partial charge in [-0.05, 0) is 131 Å². The quantitative estimate of drug-likeness (QED) is 0.159. The third-order valence-electron chi connectivity index (χ3n) is 10.9. The molecule has 0 fully saturated rings. The van der Waals surface area contributed by atoms with Crippen LogP contribution in [0, 0.1) is 13.1 Å². The third-order valence-corrected chi connectivity index (χ3v) is 10.9. The Morgan fingerprint density at radius 3 is 1.40 bits per heavy atom. The molecule has 11 rings (SSSR count). The van der Waals surface area contributed by atoms with Crippen molar-refractivity contribution in [1.82, 2.24) is 0 Å². The Hall–Kier alpha value is -8.32. The van der Waals surface area contributed by atoms with Crippen LogP contribution in [-0.2, 0) is 0 Å². The van der Waals surface area contributed by atoms with E-state index in [1.807, 2.05) is 91.0 Å². The zero-order valence-corrected chi connectivity index (χ0v) is 30.9. The van der Waals surface area contributed by atoms with Crippen molar-refractivity contribution in [2.24, 2.45) is 0 Å². The van der Waals surface area contributed by atoms with Gasteiger partial charge in [-0.2, -0.15) is 0 Å². The zero-order chi connectivity index (χ0) is 38.7. The van der Waals surface area contributed by atoms with Crippen LogP contribution in [0.5, 0.6) is 0 Å². The van der Waals surface area contributed by atoms with Crippen LogP contribution in [0.15, 0.2) is 191 Å². The fraction of sp³-hybridized carbons (Fsp3) is 0. The van der Waals surface area contributed by atoms with Crippen LogP contribution in [-0.4, -0.2) is 0 Å². The van der Waals surface area contributed by atoms with E-state index in [4.69, 9.17) is 22.0 Å². The van der Waals surface area contributed by atoms with E-state index in [9.17, 15) is 0 Å². The van der Waals surface area contributed by atoms with Crippen molar-refractivity contribution < 1.29 is 8.83 Å². The fourth-order valence-electron chi connectivity index (χ4n) is 8.28. The Labute approximate surface area is 333 Å². The molecule has 0 saturated carbocycles. The minimum atomic E-state index is 0.590. The lowest BCUT2D eigenvalue weighted by molar-refractivity contribution is 0.663. The SMILES string of the molecule is [C-]#[N+]c1cccc(N(c2ccccc2)c2ccc3cc4c(cc3c2)oc2c4ccc3oc4cc5cc(N(c6ccccc6)c6cccc([N+]#[C-])c6)ccc5cc4c32)c1. The van der Waals surface area contributed by atoms with Crippen LogP contribution in [0.25, 0.3) is 75.1 Å². The molecule has 6 heteroatoms. The molecule has 0 aliphatic heterocycles. The Balaban J connectivity index is 1.04. The molecule has 0 amide bonds. The molecule has 0 unspecified atom stereocenters. The first kappa shape index (κ1) is 33.1. The summed E-state index contributed by atoms with van der Waals surface area (Å²) in [5.41, 5.74) is 10.1. The van der Waals surface area contributed by atoms with Crippen molar-refractivity contribution >= 4 is 111 Å². The Kier molecular flexibility index (Phi) is 7.50. The molecule has 270 valence electrons. The highest BCUT2D eigenvalue weighted by Gasteiger charge is 2.20. The highest BCUT2D eigenvalue weighted by molar-refractivity contribution is 6.24. The van der Waals surface area contributed by atoms with Gasteiger partial charge in [-0.25, -0.2) is 9.69 Å². The lowest BCUT2D eigenvalue weighted by Gasteiger charge is -2.26. The Morgan fingerprint density at radius 2 is 0.845 bits per heavy atom. The molecule has 0 aliphatic carbocycles. The largest absolute Gasteiger partial charge is 0.456 e. The second-order valence-corrected chi connectivity index (χ2v) is 14.4. The summed E-state index contributed by atoms with van der Waals surface area (Å²) in [5.74, 6) is 0. The number of anilines is 6. The number of hydrogen-bond donors (Lipinski definition) is 0. The zero-order valence-electron chi connectivity index (χ0n) is 30.9. The monoisotopic (exact) mass is 742 g/mol. The summed E-state index contributed by atoms with van der Waals surface area (Å²) in [5, 5.41) is 8.31. The summed E-state index contributed by atoms with van der Waals surface area (Å²) < 4.78 is 13.3. The van der Waals surface area contributed by atoms with E-state index >= 15 is 0 Å². The predicted molar refractivity (Wildman–Crippen MR) is 238 cm³/mol. The first-order valence-electron chi connectivity index (χ1n) is 19.0. The van der Waals surface area contributed by atoms with Crippen LogP contribution in [0.1, 0.15) is 0 Å². The molecule has 58 heavy (non-hydrogen) atoms. The highest BCUT2D eigenvalue weighted by Crippen LogP contribution is 2.44. The summed E-state index contributed by atoms with van der Waals surface area (Å²) in [6.07, 6.45) is 0. The predicted octanol–water partition coefficient (Wildman–Crippen LogP) is 15.8. The summed E-state index contributed by atoms with van der Waals surface area (Å²) in [6, 6.07) is 61.6. The average molecular weight is 743 g/mol. The van der Waals surface area contributed by atoms with E-state index in [-0.39, 0.29) is 0 Å². The molecular weight excluding hydrogens is 713 g/mol. The summed E-state index contributed by atoms with van der Waals surface area (Å²) in [6.45, 7) is 15.2. The van der Waals surface area contributed by atoms with Crippen molar-refractivity contribution in [3.8, 4) is 0 Å². The second kappa shape index (κ2) is 13.2. The Bertz CT molecular complexity index is 3500. The molecule has 0 spiro atoms. The molecule has 0 bridgehead atoms. The molecular formula is C52H30N4O2. The van der Waals surface area contributed by atoms with Gasteiger partial charge in [0, 0.05) is 50.3 Å². The third kappa shape index (κ3) is 5.40. The highest BCUT2D eigenvalue weighted by atomic mass is 16.3. The first-order valence-corrected chi connectivity index (χ1v) is 19.0. The van der Waals surface area contributed by atoms with Crippen molar-refractivity contribution in [3.05, 3.63) is 205 Å².